The normalized spacial score (nSPS) is 14.0. The quantitative estimate of drug-likeness (QED) is 0.450. The monoisotopic (exact) mass is 439 g/mol. The summed E-state index contributed by atoms with van der Waals surface area (Å²) in [6.07, 6.45) is 3.50. The minimum Gasteiger partial charge on any atom is -0.356 e. The molecule has 0 atom stereocenters. The average Bonchev–Trinajstić information content (AvgIpc) is 3.09. The van der Waals surface area contributed by atoms with E-state index < -0.39 is 0 Å². The van der Waals surface area contributed by atoms with Gasteiger partial charge in [0.2, 0.25) is 5.82 Å². The molecule has 1 amide bonds. The number of piperidine rings is 1. The molecule has 0 aliphatic carbocycles. The molecule has 33 heavy (non-hydrogen) atoms. The third-order valence-corrected chi connectivity index (χ3v) is 6.48. The first-order valence-electron chi connectivity index (χ1n) is 11.6. The Kier molecular flexibility index (Phi) is 5.58. The van der Waals surface area contributed by atoms with Gasteiger partial charge in [-0.25, -0.2) is 9.97 Å². The number of aryl methyl sites for hydroxylation is 2. The fraction of sp³-hybridized carbons (Fsp3) is 0.296. The number of fused-ring (bicyclic) bond motifs is 1. The summed E-state index contributed by atoms with van der Waals surface area (Å²) in [4.78, 5) is 25.3. The number of nitrogens with zero attached hydrogens (tertiary/aromatic N) is 4. The van der Waals surface area contributed by atoms with Crippen LogP contribution in [0.15, 0.2) is 54.6 Å². The number of carbonyl (C=O) groups excluding carboxylic acids is 1. The topological polar surface area (TPSA) is 63.1 Å². The van der Waals surface area contributed by atoms with E-state index in [9.17, 15) is 4.79 Å². The average molecular weight is 440 g/mol. The zero-order chi connectivity index (χ0) is 22.9. The number of nitrogens with one attached hydrogen (secondary N) is 1. The Labute approximate surface area is 194 Å². The largest absolute Gasteiger partial charge is 0.356 e. The summed E-state index contributed by atoms with van der Waals surface area (Å²) in [7, 11) is 0. The van der Waals surface area contributed by atoms with Gasteiger partial charge >= 0.3 is 0 Å². The fourth-order valence-electron chi connectivity index (χ4n) is 4.68. The molecule has 0 unspecified atom stereocenters. The van der Waals surface area contributed by atoms with Gasteiger partial charge in [0.05, 0.1) is 5.39 Å². The van der Waals surface area contributed by atoms with Crippen molar-refractivity contribution in [2.45, 2.75) is 40.0 Å². The second-order valence-corrected chi connectivity index (χ2v) is 8.82. The molecule has 1 N–H and O–H groups in total. The van der Waals surface area contributed by atoms with Crippen LogP contribution in [0.5, 0.6) is 0 Å². The molecule has 0 radical (unpaired) electrons. The number of hydrogen-bond donors (Lipinski definition) is 1. The number of rotatable bonds is 4. The maximum atomic E-state index is 13.3. The number of hydrogen-bond acceptors (Lipinski definition) is 4. The number of para-hydroxylation sites is 1. The molecule has 1 aliphatic heterocycles. The number of amides is 1. The van der Waals surface area contributed by atoms with Gasteiger partial charge in [-0.1, -0.05) is 30.3 Å². The van der Waals surface area contributed by atoms with Crippen LogP contribution in [0.4, 0.5) is 11.5 Å². The predicted molar refractivity (Wildman–Crippen MR) is 134 cm³/mol. The minimum absolute atomic E-state index is 0.194. The summed E-state index contributed by atoms with van der Waals surface area (Å²) in [6, 6.07) is 18.0. The lowest BCUT2D eigenvalue weighted by Crippen LogP contribution is -2.31. The lowest BCUT2D eigenvalue weighted by Gasteiger charge is -2.28. The van der Waals surface area contributed by atoms with Crippen LogP contribution in [0.25, 0.3) is 16.7 Å². The van der Waals surface area contributed by atoms with E-state index in [1.807, 2.05) is 49.4 Å². The summed E-state index contributed by atoms with van der Waals surface area (Å²) in [6.45, 7) is 8.13. The second-order valence-electron chi connectivity index (χ2n) is 8.82. The van der Waals surface area contributed by atoms with Gasteiger partial charge in [-0.2, -0.15) is 0 Å². The van der Waals surface area contributed by atoms with Crippen LogP contribution in [0.2, 0.25) is 0 Å². The predicted octanol–water partition coefficient (Wildman–Crippen LogP) is 5.59. The van der Waals surface area contributed by atoms with Crippen molar-refractivity contribution >= 4 is 28.4 Å². The van der Waals surface area contributed by atoms with Crippen molar-refractivity contribution in [3.8, 4) is 5.69 Å². The number of aromatic nitrogens is 3. The van der Waals surface area contributed by atoms with Crippen LogP contribution in [0, 0.1) is 20.8 Å². The first-order valence-corrected chi connectivity index (χ1v) is 11.6. The molecule has 168 valence electrons. The van der Waals surface area contributed by atoms with Crippen LogP contribution in [-0.2, 0) is 0 Å². The molecule has 1 fully saturated rings. The van der Waals surface area contributed by atoms with E-state index in [0.29, 0.717) is 0 Å². The van der Waals surface area contributed by atoms with Gasteiger partial charge in [0.25, 0.3) is 5.91 Å². The molecular formula is C27H29N5O. The van der Waals surface area contributed by atoms with Crippen LogP contribution in [0.3, 0.4) is 0 Å². The highest BCUT2D eigenvalue weighted by atomic mass is 16.2. The Morgan fingerprint density at radius 2 is 1.67 bits per heavy atom. The highest BCUT2D eigenvalue weighted by Crippen LogP contribution is 2.34. The van der Waals surface area contributed by atoms with Crippen molar-refractivity contribution in [2.24, 2.45) is 0 Å². The molecule has 6 nitrogen and oxygen atoms in total. The van der Waals surface area contributed by atoms with Crippen molar-refractivity contribution in [1.29, 1.82) is 0 Å². The number of anilines is 2. The van der Waals surface area contributed by atoms with E-state index in [-0.39, 0.29) is 11.7 Å². The van der Waals surface area contributed by atoms with Crippen LogP contribution in [0.1, 0.15) is 46.7 Å². The Morgan fingerprint density at radius 3 is 2.39 bits per heavy atom. The molecule has 5 rings (SSSR count). The summed E-state index contributed by atoms with van der Waals surface area (Å²) in [5.41, 5.74) is 5.90. The van der Waals surface area contributed by atoms with E-state index >= 15 is 0 Å². The second kappa shape index (κ2) is 8.70. The van der Waals surface area contributed by atoms with Gasteiger partial charge in [-0.05, 0) is 75.4 Å². The van der Waals surface area contributed by atoms with Gasteiger partial charge in [-0.3, -0.25) is 9.36 Å². The Morgan fingerprint density at radius 1 is 0.909 bits per heavy atom. The molecule has 2 aromatic carbocycles. The number of carbonyl (C=O) groups is 1. The standard InChI is InChI=1S/C27H29N5O/c1-18-11-10-12-21(17-18)28-27(33)24-29-25(31-15-8-5-9-16-31)23-19(2)20(3)32(26(23)30-24)22-13-6-4-7-14-22/h4,6-7,10-14,17H,5,8-9,15-16H2,1-3H3,(H,28,33). The Hall–Kier alpha value is -3.67. The molecule has 0 saturated carbocycles. The van der Waals surface area contributed by atoms with Crippen molar-refractivity contribution in [3.63, 3.8) is 0 Å². The molecule has 4 aromatic rings. The van der Waals surface area contributed by atoms with Crippen LogP contribution >= 0.6 is 0 Å². The van der Waals surface area contributed by atoms with Crippen LogP contribution in [-0.4, -0.2) is 33.5 Å². The molecule has 2 aromatic heterocycles. The van der Waals surface area contributed by atoms with E-state index in [4.69, 9.17) is 9.97 Å². The fourth-order valence-corrected chi connectivity index (χ4v) is 4.68. The first kappa shape index (κ1) is 21.2. The van der Waals surface area contributed by atoms with Gasteiger partial charge in [0.1, 0.15) is 5.82 Å². The summed E-state index contributed by atoms with van der Waals surface area (Å²) in [5, 5.41) is 4.02. The molecule has 1 aliphatic rings. The molecular weight excluding hydrogens is 410 g/mol. The summed E-state index contributed by atoms with van der Waals surface area (Å²) in [5.74, 6) is 0.764. The van der Waals surface area contributed by atoms with Crippen molar-refractivity contribution in [2.75, 3.05) is 23.3 Å². The highest BCUT2D eigenvalue weighted by Gasteiger charge is 2.25. The summed E-state index contributed by atoms with van der Waals surface area (Å²) < 4.78 is 2.14. The Bertz CT molecular complexity index is 1320. The van der Waals surface area contributed by atoms with E-state index in [1.165, 1.54) is 6.42 Å². The molecule has 1 saturated heterocycles. The maximum Gasteiger partial charge on any atom is 0.293 e. The molecule has 0 bridgehead atoms. The van der Waals surface area contributed by atoms with Crippen molar-refractivity contribution < 1.29 is 4.79 Å². The summed E-state index contributed by atoms with van der Waals surface area (Å²) >= 11 is 0. The van der Waals surface area contributed by atoms with Gasteiger partial charge in [-0.15, -0.1) is 0 Å². The third-order valence-electron chi connectivity index (χ3n) is 6.48. The van der Waals surface area contributed by atoms with E-state index in [0.717, 1.165) is 71.0 Å². The number of benzene rings is 2. The smallest absolute Gasteiger partial charge is 0.293 e. The zero-order valence-corrected chi connectivity index (χ0v) is 19.4. The molecule has 6 heteroatoms. The van der Waals surface area contributed by atoms with E-state index in [2.05, 4.69) is 40.8 Å². The van der Waals surface area contributed by atoms with Crippen molar-refractivity contribution in [1.82, 2.24) is 14.5 Å². The SMILES string of the molecule is Cc1cccc(NC(=O)c2nc(N3CCCCC3)c3c(C)c(C)n(-c4ccccc4)c3n2)c1. The molecule has 3 heterocycles. The van der Waals surface area contributed by atoms with Crippen molar-refractivity contribution in [3.05, 3.63) is 77.2 Å². The molecule has 0 spiro atoms. The van der Waals surface area contributed by atoms with Gasteiger partial charge in [0.15, 0.2) is 5.65 Å². The van der Waals surface area contributed by atoms with Gasteiger partial charge in [0, 0.05) is 30.2 Å². The minimum atomic E-state index is -0.295. The van der Waals surface area contributed by atoms with Gasteiger partial charge < -0.3 is 10.2 Å². The van der Waals surface area contributed by atoms with Crippen LogP contribution < -0.4 is 10.2 Å². The Balaban J connectivity index is 1.69. The lowest BCUT2D eigenvalue weighted by atomic mass is 10.1. The van der Waals surface area contributed by atoms with E-state index in [1.54, 1.807) is 0 Å². The lowest BCUT2D eigenvalue weighted by molar-refractivity contribution is 0.101. The zero-order valence-electron chi connectivity index (χ0n) is 19.4. The highest BCUT2D eigenvalue weighted by molar-refractivity contribution is 6.04. The maximum absolute atomic E-state index is 13.3. The first-order chi connectivity index (χ1) is 16.0. The third kappa shape index (κ3) is 3.97.